The summed E-state index contributed by atoms with van der Waals surface area (Å²) >= 11 is 0. The number of hydrogen-bond donors (Lipinski definition) is 1. The first kappa shape index (κ1) is 9.45. The Kier molecular flexibility index (Phi) is 2.59. The van der Waals surface area contributed by atoms with Crippen molar-refractivity contribution in [3.05, 3.63) is 0 Å². The molecule has 13 heavy (non-hydrogen) atoms. The van der Waals surface area contributed by atoms with E-state index in [9.17, 15) is 4.39 Å². The Morgan fingerprint density at radius 1 is 1.08 bits per heavy atom. The minimum Gasteiger partial charge on any atom is -0.328 e. The predicted octanol–water partition coefficient (Wildman–Crippen LogP) is 2.79. The number of halogens is 1. The molecule has 0 aromatic heterocycles. The van der Waals surface area contributed by atoms with Crippen molar-refractivity contribution in [1.82, 2.24) is 0 Å². The Morgan fingerprint density at radius 3 is 2.31 bits per heavy atom. The van der Waals surface area contributed by atoms with E-state index in [1.165, 1.54) is 19.3 Å². The van der Waals surface area contributed by atoms with Gasteiger partial charge in [-0.3, -0.25) is 0 Å². The molecule has 76 valence electrons. The van der Waals surface area contributed by atoms with Gasteiger partial charge in [-0.05, 0) is 38.0 Å². The average molecular weight is 185 g/mol. The number of alkyl halides is 1. The molecule has 2 aliphatic carbocycles. The summed E-state index contributed by atoms with van der Waals surface area (Å²) in [7, 11) is 0. The molecule has 2 heteroatoms. The molecule has 2 unspecified atom stereocenters. The van der Waals surface area contributed by atoms with Crippen molar-refractivity contribution in [3.63, 3.8) is 0 Å². The lowest BCUT2D eigenvalue weighted by Gasteiger charge is -2.33. The molecule has 2 fully saturated rings. The standard InChI is InChI=1S/C11H20FN/c12-11(7-6-10(13)8-11)9-4-2-1-3-5-9/h9-10H,1-8,13H2. The second-order valence-electron chi connectivity index (χ2n) is 4.87. The van der Waals surface area contributed by atoms with Gasteiger partial charge in [0.1, 0.15) is 5.67 Å². The third-order valence-electron chi connectivity index (χ3n) is 3.87. The summed E-state index contributed by atoms with van der Waals surface area (Å²) in [5.74, 6) is 0.329. The molecule has 0 heterocycles. The zero-order chi connectivity index (χ0) is 9.31. The van der Waals surface area contributed by atoms with E-state index in [0.717, 1.165) is 25.7 Å². The van der Waals surface area contributed by atoms with Gasteiger partial charge in [0.25, 0.3) is 0 Å². The number of nitrogens with two attached hydrogens (primary N) is 1. The highest BCUT2D eigenvalue weighted by Gasteiger charge is 2.44. The second-order valence-corrected chi connectivity index (χ2v) is 4.87. The van der Waals surface area contributed by atoms with E-state index < -0.39 is 5.67 Å². The van der Waals surface area contributed by atoms with E-state index in [4.69, 9.17) is 5.73 Å². The van der Waals surface area contributed by atoms with Gasteiger partial charge < -0.3 is 5.73 Å². The maximum Gasteiger partial charge on any atom is 0.115 e. The lowest BCUT2D eigenvalue weighted by Crippen LogP contribution is -2.33. The van der Waals surface area contributed by atoms with Crippen molar-refractivity contribution in [1.29, 1.82) is 0 Å². The van der Waals surface area contributed by atoms with Gasteiger partial charge in [-0.15, -0.1) is 0 Å². The SMILES string of the molecule is NC1CCC(F)(C2CCCCC2)C1. The molecule has 0 aliphatic heterocycles. The molecule has 0 amide bonds. The highest BCUT2D eigenvalue weighted by atomic mass is 19.1. The molecular formula is C11H20FN. The van der Waals surface area contributed by atoms with Crippen molar-refractivity contribution in [2.75, 3.05) is 0 Å². The minimum atomic E-state index is -0.889. The van der Waals surface area contributed by atoms with Gasteiger partial charge in [0.05, 0.1) is 0 Å². The number of hydrogen-bond acceptors (Lipinski definition) is 1. The van der Waals surface area contributed by atoms with Crippen LogP contribution in [0, 0.1) is 5.92 Å². The Balaban J connectivity index is 1.97. The van der Waals surface area contributed by atoms with Crippen LogP contribution in [0.3, 0.4) is 0 Å². The summed E-state index contributed by atoms with van der Waals surface area (Å²) in [5, 5.41) is 0. The molecule has 0 radical (unpaired) electrons. The zero-order valence-corrected chi connectivity index (χ0v) is 8.27. The third kappa shape index (κ3) is 1.88. The second kappa shape index (κ2) is 3.56. The molecule has 0 aromatic rings. The first-order chi connectivity index (χ1) is 6.21. The molecule has 2 atom stereocenters. The number of rotatable bonds is 1. The van der Waals surface area contributed by atoms with Crippen molar-refractivity contribution in [2.24, 2.45) is 11.7 Å². The summed E-state index contributed by atoms with van der Waals surface area (Å²) in [5.41, 5.74) is 4.89. The van der Waals surface area contributed by atoms with Gasteiger partial charge in [0.15, 0.2) is 0 Å². The third-order valence-corrected chi connectivity index (χ3v) is 3.87. The lowest BCUT2D eigenvalue weighted by molar-refractivity contribution is 0.0616. The lowest BCUT2D eigenvalue weighted by atomic mass is 9.77. The molecule has 0 bridgehead atoms. The average Bonchev–Trinajstić information content (AvgIpc) is 2.49. The van der Waals surface area contributed by atoms with E-state index in [1.807, 2.05) is 0 Å². The fourth-order valence-electron chi connectivity index (χ4n) is 3.06. The molecule has 1 nitrogen and oxygen atoms in total. The zero-order valence-electron chi connectivity index (χ0n) is 8.27. The van der Waals surface area contributed by atoms with Crippen LogP contribution in [-0.4, -0.2) is 11.7 Å². The van der Waals surface area contributed by atoms with Crippen molar-refractivity contribution in [3.8, 4) is 0 Å². The molecule has 0 spiro atoms. The minimum absolute atomic E-state index is 0.131. The first-order valence-corrected chi connectivity index (χ1v) is 5.65. The van der Waals surface area contributed by atoms with Crippen LogP contribution >= 0.6 is 0 Å². The van der Waals surface area contributed by atoms with Crippen molar-refractivity contribution >= 4 is 0 Å². The molecule has 2 aliphatic rings. The van der Waals surface area contributed by atoms with E-state index >= 15 is 0 Å². The van der Waals surface area contributed by atoms with Crippen LogP contribution in [0.15, 0.2) is 0 Å². The molecule has 2 rings (SSSR count). The van der Waals surface area contributed by atoms with Gasteiger partial charge in [-0.2, -0.15) is 0 Å². The summed E-state index contributed by atoms with van der Waals surface area (Å²) < 4.78 is 14.4. The van der Waals surface area contributed by atoms with E-state index in [-0.39, 0.29) is 6.04 Å². The van der Waals surface area contributed by atoms with Gasteiger partial charge in [-0.1, -0.05) is 19.3 Å². The van der Waals surface area contributed by atoms with Gasteiger partial charge >= 0.3 is 0 Å². The molecule has 2 N–H and O–H groups in total. The van der Waals surface area contributed by atoms with Crippen LogP contribution in [0.2, 0.25) is 0 Å². The Bertz CT molecular complexity index is 177. The maximum absolute atomic E-state index is 14.4. The van der Waals surface area contributed by atoms with Crippen LogP contribution < -0.4 is 5.73 Å². The highest BCUT2D eigenvalue weighted by Crippen LogP contribution is 2.45. The summed E-state index contributed by atoms with van der Waals surface area (Å²) in [4.78, 5) is 0. The van der Waals surface area contributed by atoms with E-state index in [1.54, 1.807) is 0 Å². The topological polar surface area (TPSA) is 26.0 Å². The van der Waals surface area contributed by atoms with Gasteiger partial charge in [-0.25, -0.2) is 4.39 Å². The Hall–Kier alpha value is -0.110. The van der Waals surface area contributed by atoms with Crippen molar-refractivity contribution in [2.45, 2.75) is 63.1 Å². The molecule has 2 saturated carbocycles. The van der Waals surface area contributed by atoms with E-state index in [0.29, 0.717) is 12.3 Å². The highest BCUT2D eigenvalue weighted by molar-refractivity contribution is 4.97. The molecule has 0 saturated heterocycles. The molecular weight excluding hydrogens is 165 g/mol. The first-order valence-electron chi connectivity index (χ1n) is 5.65. The quantitative estimate of drug-likeness (QED) is 0.668. The largest absolute Gasteiger partial charge is 0.328 e. The molecule has 0 aromatic carbocycles. The fraction of sp³-hybridized carbons (Fsp3) is 1.00. The van der Waals surface area contributed by atoms with Crippen LogP contribution in [0.25, 0.3) is 0 Å². The maximum atomic E-state index is 14.4. The Labute approximate surface area is 79.9 Å². The normalized spacial score (nSPS) is 42.5. The monoisotopic (exact) mass is 185 g/mol. The van der Waals surface area contributed by atoms with Crippen molar-refractivity contribution < 1.29 is 4.39 Å². The van der Waals surface area contributed by atoms with Crippen LogP contribution in [0.4, 0.5) is 4.39 Å². The Morgan fingerprint density at radius 2 is 1.77 bits per heavy atom. The van der Waals surface area contributed by atoms with Crippen LogP contribution in [-0.2, 0) is 0 Å². The van der Waals surface area contributed by atoms with Gasteiger partial charge in [0, 0.05) is 6.04 Å². The summed E-state index contributed by atoms with van der Waals surface area (Å²) in [6.07, 6.45) is 8.20. The van der Waals surface area contributed by atoms with Gasteiger partial charge in [0.2, 0.25) is 0 Å². The summed E-state index contributed by atoms with van der Waals surface area (Å²) in [6.45, 7) is 0. The van der Waals surface area contributed by atoms with E-state index in [2.05, 4.69) is 0 Å². The van der Waals surface area contributed by atoms with Crippen LogP contribution in [0.1, 0.15) is 51.4 Å². The fourth-order valence-corrected chi connectivity index (χ4v) is 3.06. The van der Waals surface area contributed by atoms with Crippen LogP contribution in [0.5, 0.6) is 0 Å². The predicted molar refractivity (Wildman–Crippen MR) is 52.2 cm³/mol. The smallest absolute Gasteiger partial charge is 0.115 e. The summed E-state index contributed by atoms with van der Waals surface area (Å²) in [6, 6.07) is 0.131.